The van der Waals surface area contributed by atoms with Crippen LogP contribution in [0, 0.1) is 23.5 Å². The molecule has 0 bridgehead atoms. The Morgan fingerprint density at radius 3 is 2.20 bits per heavy atom. The first-order valence-electron chi connectivity index (χ1n) is 10.4. The second-order valence-electron chi connectivity index (χ2n) is 8.00. The summed E-state index contributed by atoms with van der Waals surface area (Å²) in [7, 11) is 0. The highest BCUT2D eigenvalue weighted by molar-refractivity contribution is 6.30. The maximum Gasteiger partial charge on any atom is 0.313 e. The molecule has 4 rings (SSSR count). The highest BCUT2D eigenvalue weighted by atomic mass is 35.5. The van der Waals surface area contributed by atoms with Gasteiger partial charge in [0.05, 0.1) is 18.0 Å². The summed E-state index contributed by atoms with van der Waals surface area (Å²) < 4.78 is 33.4. The molecule has 0 spiro atoms. The Labute approximate surface area is 180 Å². The number of benzene rings is 2. The van der Waals surface area contributed by atoms with Gasteiger partial charge in [0, 0.05) is 17.2 Å². The molecular weight excluding hydrogens is 410 g/mol. The zero-order chi connectivity index (χ0) is 21.3. The highest BCUT2D eigenvalue weighted by Crippen LogP contribution is 2.49. The lowest BCUT2D eigenvalue weighted by molar-refractivity contribution is -0.153. The Morgan fingerprint density at radius 1 is 1.10 bits per heavy atom. The maximum absolute atomic E-state index is 14.0. The number of rotatable bonds is 5. The van der Waals surface area contributed by atoms with Crippen molar-refractivity contribution >= 4 is 28.9 Å². The smallest absolute Gasteiger partial charge is 0.313 e. The van der Waals surface area contributed by atoms with E-state index >= 15 is 0 Å². The number of nitrogens with one attached hydrogen (secondary N) is 2. The van der Waals surface area contributed by atoms with Crippen molar-refractivity contribution in [2.45, 2.75) is 44.7 Å². The van der Waals surface area contributed by atoms with Gasteiger partial charge in [-0.1, -0.05) is 43.0 Å². The predicted molar refractivity (Wildman–Crippen MR) is 113 cm³/mol. The van der Waals surface area contributed by atoms with E-state index < -0.39 is 23.2 Å². The summed E-state index contributed by atoms with van der Waals surface area (Å²) in [5.74, 6) is -2.73. The van der Waals surface area contributed by atoms with Gasteiger partial charge in [0.15, 0.2) is 11.6 Å². The number of fused-ring (bicyclic) bond motifs is 1. The van der Waals surface area contributed by atoms with Crippen LogP contribution in [0.5, 0.6) is 0 Å². The summed E-state index contributed by atoms with van der Waals surface area (Å²) in [4.78, 5) is 13.3. The van der Waals surface area contributed by atoms with Crippen LogP contribution in [-0.4, -0.2) is 12.6 Å². The summed E-state index contributed by atoms with van der Waals surface area (Å²) in [5, 5.41) is 7.22. The Morgan fingerprint density at radius 2 is 1.67 bits per heavy atom. The van der Waals surface area contributed by atoms with Crippen LogP contribution in [0.3, 0.4) is 0 Å². The van der Waals surface area contributed by atoms with E-state index in [0.717, 1.165) is 49.8 Å². The van der Waals surface area contributed by atoms with Crippen molar-refractivity contribution in [1.82, 2.24) is 0 Å². The lowest BCUT2D eigenvalue weighted by Crippen LogP contribution is -2.53. The van der Waals surface area contributed by atoms with Gasteiger partial charge in [-0.3, -0.25) is 4.79 Å². The van der Waals surface area contributed by atoms with Gasteiger partial charge >= 0.3 is 5.97 Å². The molecule has 160 valence electrons. The molecule has 1 saturated carbocycles. The SMILES string of the molecule is CCOC(=O)C(C1CCCCC1)C1(c2ccc(Cl)cc2)Nc2cc(F)c(F)cc2N1. The standard InChI is InChI=1S/C23H25ClF2N2O2/c1-2-30-22(29)21(14-6-4-3-5-7-14)23(15-8-10-16(24)11-9-15)27-19-12-17(25)18(26)13-20(19)28-23/h8-14,21,27-28H,2-7H2,1H3. The lowest BCUT2D eigenvalue weighted by Gasteiger charge is -2.42. The third-order valence-electron chi connectivity index (χ3n) is 6.15. The number of halogens is 3. The van der Waals surface area contributed by atoms with Gasteiger partial charge in [-0.05, 0) is 43.4 Å². The van der Waals surface area contributed by atoms with E-state index in [1.165, 1.54) is 0 Å². The summed E-state index contributed by atoms with van der Waals surface area (Å²) in [5.41, 5.74) is 0.483. The van der Waals surface area contributed by atoms with Gasteiger partial charge in [0.2, 0.25) is 0 Å². The van der Waals surface area contributed by atoms with Crippen molar-refractivity contribution in [2.75, 3.05) is 17.2 Å². The second kappa shape index (κ2) is 8.42. The molecule has 1 unspecified atom stereocenters. The van der Waals surface area contributed by atoms with Gasteiger partial charge in [0.1, 0.15) is 11.6 Å². The van der Waals surface area contributed by atoms with E-state index in [9.17, 15) is 13.6 Å². The fourth-order valence-electron chi connectivity index (χ4n) is 4.82. The molecule has 1 aliphatic heterocycles. The van der Waals surface area contributed by atoms with Gasteiger partial charge in [-0.2, -0.15) is 0 Å². The molecule has 2 aromatic carbocycles. The van der Waals surface area contributed by atoms with Crippen LogP contribution in [0.25, 0.3) is 0 Å². The van der Waals surface area contributed by atoms with Gasteiger partial charge in [0.25, 0.3) is 0 Å². The minimum atomic E-state index is -1.10. The zero-order valence-electron chi connectivity index (χ0n) is 16.8. The summed E-state index contributed by atoms with van der Waals surface area (Å²) in [6, 6.07) is 9.40. The van der Waals surface area contributed by atoms with Crippen LogP contribution < -0.4 is 10.6 Å². The van der Waals surface area contributed by atoms with E-state index in [1.54, 1.807) is 19.1 Å². The number of ether oxygens (including phenoxy) is 1. The van der Waals surface area contributed by atoms with Crippen molar-refractivity contribution in [3.8, 4) is 0 Å². The summed E-state index contributed by atoms with van der Waals surface area (Å²) in [6.07, 6.45) is 4.99. The third kappa shape index (κ3) is 3.73. The highest BCUT2D eigenvalue weighted by Gasteiger charge is 2.52. The molecular formula is C23H25ClF2N2O2. The van der Waals surface area contributed by atoms with E-state index in [0.29, 0.717) is 16.4 Å². The molecule has 0 amide bonds. The minimum absolute atomic E-state index is 0.0671. The van der Waals surface area contributed by atoms with Crippen LogP contribution in [0.1, 0.15) is 44.6 Å². The van der Waals surface area contributed by atoms with Crippen molar-refractivity contribution < 1.29 is 18.3 Å². The average molecular weight is 435 g/mol. The fraction of sp³-hybridized carbons (Fsp3) is 0.435. The van der Waals surface area contributed by atoms with Crippen LogP contribution >= 0.6 is 11.6 Å². The molecule has 1 fully saturated rings. The van der Waals surface area contributed by atoms with Crippen LogP contribution in [-0.2, 0) is 15.2 Å². The molecule has 1 heterocycles. The molecule has 4 nitrogen and oxygen atoms in total. The van der Waals surface area contributed by atoms with Crippen LogP contribution in [0.2, 0.25) is 5.02 Å². The van der Waals surface area contributed by atoms with E-state index in [4.69, 9.17) is 16.3 Å². The van der Waals surface area contributed by atoms with Crippen molar-refractivity contribution in [1.29, 1.82) is 0 Å². The van der Waals surface area contributed by atoms with Gasteiger partial charge in [-0.25, -0.2) is 8.78 Å². The third-order valence-corrected chi connectivity index (χ3v) is 6.40. The Bertz CT molecular complexity index is 899. The zero-order valence-corrected chi connectivity index (χ0v) is 17.6. The van der Waals surface area contributed by atoms with Gasteiger partial charge < -0.3 is 15.4 Å². The molecule has 0 aromatic heterocycles. The molecule has 7 heteroatoms. The molecule has 30 heavy (non-hydrogen) atoms. The molecule has 0 saturated heterocycles. The number of anilines is 2. The van der Waals surface area contributed by atoms with Crippen LogP contribution in [0.4, 0.5) is 20.2 Å². The Balaban J connectivity index is 1.85. The molecule has 1 atom stereocenters. The van der Waals surface area contributed by atoms with Crippen molar-refractivity contribution in [3.05, 3.63) is 58.6 Å². The normalized spacial score (nSPS) is 18.8. The fourth-order valence-corrected chi connectivity index (χ4v) is 4.95. The number of esters is 1. The number of carbonyl (C=O) groups excluding carboxylic acids is 1. The largest absolute Gasteiger partial charge is 0.466 e. The first kappa shape index (κ1) is 20.9. The molecule has 0 radical (unpaired) electrons. The minimum Gasteiger partial charge on any atom is -0.466 e. The van der Waals surface area contributed by atoms with Crippen molar-refractivity contribution in [2.24, 2.45) is 11.8 Å². The Hall–Kier alpha value is -2.34. The molecule has 2 aliphatic rings. The lowest BCUT2D eigenvalue weighted by atomic mass is 9.71. The second-order valence-corrected chi connectivity index (χ2v) is 8.44. The average Bonchev–Trinajstić information content (AvgIpc) is 3.08. The Kier molecular flexibility index (Phi) is 5.87. The first-order chi connectivity index (χ1) is 14.4. The maximum atomic E-state index is 14.0. The molecule has 2 aromatic rings. The summed E-state index contributed by atoms with van der Waals surface area (Å²) >= 11 is 6.10. The predicted octanol–water partition coefficient (Wildman–Crippen LogP) is 6.07. The summed E-state index contributed by atoms with van der Waals surface area (Å²) in [6.45, 7) is 2.04. The van der Waals surface area contributed by atoms with Gasteiger partial charge in [-0.15, -0.1) is 0 Å². The number of hydrogen-bond donors (Lipinski definition) is 2. The molecule has 1 aliphatic carbocycles. The number of carbonyl (C=O) groups is 1. The topological polar surface area (TPSA) is 50.4 Å². The van der Waals surface area contributed by atoms with E-state index in [-0.39, 0.29) is 18.5 Å². The number of hydrogen-bond acceptors (Lipinski definition) is 4. The van der Waals surface area contributed by atoms with Crippen LogP contribution in [0.15, 0.2) is 36.4 Å². The van der Waals surface area contributed by atoms with E-state index in [2.05, 4.69) is 10.6 Å². The monoisotopic (exact) mass is 434 g/mol. The molecule has 2 N–H and O–H groups in total. The first-order valence-corrected chi connectivity index (χ1v) is 10.8. The quantitative estimate of drug-likeness (QED) is 0.561. The van der Waals surface area contributed by atoms with E-state index in [1.807, 2.05) is 12.1 Å². The van der Waals surface area contributed by atoms with Crippen molar-refractivity contribution in [3.63, 3.8) is 0 Å².